The van der Waals surface area contributed by atoms with Gasteiger partial charge in [-0.15, -0.1) is 0 Å². The quantitative estimate of drug-likeness (QED) is 0.911. The molecule has 2 fully saturated rings. The highest BCUT2D eigenvalue weighted by atomic mass is 16.6. The molecule has 2 saturated heterocycles. The SMILES string of the molecule is CC(C)(C)OC(=O)N1CCN(c2ccc(NC3CCOC3)cc2)CC1. The van der Waals surface area contributed by atoms with Crippen LogP contribution in [0.3, 0.4) is 0 Å². The summed E-state index contributed by atoms with van der Waals surface area (Å²) in [7, 11) is 0. The summed E-state index contributed by atoms with van der Waals surface area (Å²) >= 11 is 0. The van der Waals surface area contributed by atoms with Crippen LogP contribution in [0.25, 0.3) is 0 Å². The minimum atomic E-state index is -0.443. The van der Waals surface area contributed by atoms with E-state index in [0.717, 1.165) is 38.4 Å². The zero-order valence-corrected chi connectivity index (χ0v) is 15.5. The number of carbonyl (C=O) groups excluding carboxylic acids is 1. The Labute approximate surface area is 150 Å². The van der Waals surface area contributed by atoms with Crippen LogP contribution in [0.5, 0.6) is 0 Å². The van der Waals surface area contributed by atoms with Gasteiger partial charge in [-0.1, -0.05) is 0 Å². The highest BCUT2D eigenvalue weighted by molar-refractivity contribution is 5.68. The van der Waals surface area contributed by atoms with Crippen LogP contribution in [0, 0.1) is 0 Å². The number of piperazine rings is 1. The molecule has 2 heterocycles. The van der Waals surface area contributed by atoms with Crippen molar-refractivity contribution in [2.45, 2.75) is 38.8 Å². The molecule has 6 heteroatoms. The number of nitrogens with zero attached hydrogens (tertiary/aromatic N) is 2. The minimum absolute atomic E-state index is 0.217. The van der Waals surface area contributed by atoms with Gasteiger partial charge in [0.05, 0.1) is 12.6 Å². The van der Waals surface area contributed by atoms with Crippen molar-refractivity contribution < 1.29 is 14.3 Å². The van der Waals surface area contributed by atoms with Crippen molar-refractivity contribution in [3.63, 3.8) is 0 Å². The molecule has 1 aromatic carbocycles. The van der Waals surface area contributed by atoms with Crippen LogP contribution in [-0.4, -0.2) is 62.0 Å². The van der Waals surface area contributed by atoms with Gasteiger partial charge in [0.1, 0.15) is 5.60 Å². The second-order valence-electron chi connectivity index (χ2n) is 7.71. The fourth-order valence-electron chi connectivity index (χ4n) is 3.13. The molecule has 0 saturated carbocycles. The molecule has 25 heavy (non-hydrogen) atoms. The Kier molecular flexibility index (Phi) is 5.37. The smallest absolute Gasteiger partial charge is 0.410 e. The third-order valence-electron chi connectivity index (χ3n) is 4.46. The Morgan fingerprint density at radius 1 is 1.16 bits per heavy atom. The lowest BCUT2D eigenvalue weighted by Crippen LogP contribution is -2.50. The number of hydrogen-bond donors (Lipinski definition) is 1. The maximum absolute atomic E-state index is 12.1. The standard InChI is InChI=1S/C19H29N3O3/c1-19(2,3)25-18(23)22-11-9-21(10-12-22)17-6-4-15(5-7-17)20-16-8-13-24-14-16/h4-7,16,20H,8-14H2,1-3H3. The predicted molar refractivity (Wildman–Crippen MR) is 99.3 cm³/mol. The first-order valence-electron chi connectivity index (χ1n) is 9.08. The van der Waals surface area contributed by atoms with E-state index in [0.29, 0.717) is 19.1 Å². The van der Waals surface area contributed by atoms with Crippen molar-refractivity contribution in [1.82, 2.24) is 4.90 Å². The van der Waals surface area contributed by atoms with E-state index in [9.17, 15) is 4.79 Å². The Hall–Kier alpha value is -1.95. The first-order valence-corrected chi connectivity index (χ1v) is 9.08. The summed E-state index contributed by atoms with van der Waals surface area (Å²) in [4.78, 5) is 16.2. The van der Waals surface area contributed by atoms with Gasteiger partial charge >= 0.3 is 6.09 Å². The summed E-state index contributed by atoms with van der Waals surface area (Å²) in [6, 6.07) is 8.94. The first kappa shape index (κ1) is 17.9. The van der Waals surface area contributed by atoms with Crippen LogP contribution in [0.15, 0.2) is 24.3 Å². The third kappa shape index (κ3) is 5.01. The van der Waals surface area contributed by atoms with Gasteiger partial charge in [0, 0.05) is 44.2 Å². The van der Waals surface area contributed by atoms with Crippen molar-refractivity contribution in [3.8, 4) is 0 Å². The number of hydrogen-bond acceptors (Lipinski definition) is 5. The molecule has 0 aliphatic carbocycles. The molecule has 3 rings (SSSR count). The van der Waals surface area contributed by atoms with Crippen molar-refractivity contribution in [1.29, 1.82) is 0 Å². The largest absolute Gasteiger partial charge is 0.444 e. The molecule has 2 aliphatic rings. The molecular formula is C19H29N3O3. The van der Waals surface area contributed by atoms with E-state index in [1.165, 1.54) is 5.69 Å². The van der Waals surface area contributed by atoms with E-state index < -0.39 is 5.60 Å². The number of carbonyl (C=O) groups is 1. The number of nitrogens with one attached hydrogen (secondary N) is 1. The molecule has 1 aromatic rings. The predicted octanol–water partition coefficient (Wildman–Crippen LogP) is 2.94. The van der Waals surface area contributed by atoms with Gasteiger partial charge in [-0.3, -0.25) is 0 Å². The van der Waals surface area contributed by atoms with Crippen molar-refractivity contribution in [2.24, 2.45) is 0 Å². The number of ether oxygens (including phenoxy) is 2. The average Bonchev–Trinajstić information content (AvgIpc) is 3.07. The van der Waals surface area contributed by atoms with Crippen LogP contribution in [-0.2, 0) is 9.47 Å². The number of anilines is 2. The zero-order valence-electron chi connectivity index (χ0n) is 15.5. The van der Waals surface area contributed by atoms with E-state index in [1.807, 2.05) is 20.8 Å². The van der Waals surface area contributed by atoms with Gasteiger partial charge < -0.3 is 24.6 Å². The zero-order chi connectivity index (χ0) is 17.9. The number of benzene rings is 1. The van der Waals surface area contributed by atoms with Gasteiger partial charge in [0.25, 0.3) is 0 Å². The minimum Gasteiger partial charge on any atom is -0.444 e. The Balaban J connectivity index is 1.50. The van der Waals surface area contributed by atoms with E-state index >= 15 is 0 Å². The summed E-state index contributed by atoms with van der Waals surface area (Å²) in [6.07, 6.45) is 0.847. The molecule has 0 spiro atoms. The Morgan fingerprint density at radius 2 is 1.84 bits per heavy atom. The molecule has 138 valence electrons. The fraction of sp³-hybridized carbons (Fsp3) is 0.632. The maximum atomic E-state index is 12.1. The lowest BCUT2D eigenvalue weighted by atomic mass is 10.2. The molecule has 0 aromatic heterocycles. The monoisotopic (exact) mass is 347 g/mol. The van der Waals surface area contributed by atoms with E-state index in [1.54, 1.807) is 4.90 Å². The van der Waals surface area contributed by atoms with Crippen molar-refractivity contribution in [3.05, 3.63) is 24.3 Å². The second-order valence-corrected chi connectivity index (χ2v) is 7.71. The first-order chi connectivity index (χ1) is 11.9. The number of amides is 1. The highest BCUT2D eigenvalue weighted by Gasteiger charge is 2.26. The Morgan fingerprint density at radius 3 is 2.40 bits per heavy atom. The summed E-state index contributed by atoms with van der Waals surface area (Å²) in [5, 5.41) is 3.50. The number of rotatable bonds is 3. The molecule has 1 amide bonds. The van der Waals surface area contributed by atoms with E-state index in [4.69, 9.17) is 9.47 Å². The normalized spacial score (nSPS) is 21.3. The Bertz CT molecular complexity index is 569. The summed E-state index contributed by atoms with van der Waals surface area (Å²) in [6.45, 7) is 10.3. The molecular weight excluding hydrogens is 318 g/mol. The van der Waals surface area contributed by atoms with Gasteiger partial charge in [0.2, 0.25) is 0 Å². The topological polar surface area (TPSA) is 54.0 Å². The van der Waals surface area contributed by atoms with Crippen LogP contribution >= 0.6 is 0 Å². The fourth-order valence-corrected chi connectivity index (χ4v) is 3.13. The van der Waals surface area contributed by atoms with Crippen molar-refractivity contribution >= 4 is 17.5 Å². The molecule has 2 aliphatic heterocycles. The van der Waals surface area contributed by atoms with E-state index in [2.05, 4.69) is 34.5 Å². The van der Waals surface area contributed by atoms with Crippen LogP contribution in [0.1, 0.15) is 27.2 Å². The lowest BCUT2D eigenvalue weighted by Gasteiger charge is -2.36. The van der Waals surface area contributed by atoms with Crippen molar-refractivity contribution in [2.75, 3.05) is 49.6 Å². The molecule has 0 radical (unpaired) electrons. The highest BCUT2D eigenvalue weighted by Crippen LogP contribution is 2.21. The summed E-state index contributed by atoms with van der Waals surface area (Å²) < 4.78 is 10.8. The van der Waals surface area contributed by atoms with Gasteiger partial charge in [0.15, 0.2) is 0 Å². The van der Waals surface area contributed by atoms with Gasteiger partial charge in [-0.2, -0.15) is 0 Å². The van der Waals surface area contributed by atoms with Gasteiger partial charge in [-0.25, -0.2) is 4.79 Å². The molecule has 0 bridgehead atoms. The molecule has 1 N–H and O–H groups in total. The molecule has 6 nitrogen and oxygen atoms in total. The summed E-state index contributed by atoms with van der Waals surface area (Å²) in [5.74, 6) is 0. The molecule has 1 unspecified atom stereocenters. The average molecular weight is 347 g/mol. The van der Waals surface area contributed by atoms with Gasteiger partial charge in [-0.05, 0) is 51.5 Å². The van der Waals surface area contributed by atoms with Crippen LogP contribution in [0.2, 0.25) is 0 Å². The van der Waals surface area contributed by atoms with E-state index in [-0.39, 0.29) is 6.09 Å². The third-order valence-corrected chi connectivity index (χ3v) is 4.46. The van der Waals surface area contributed by atoms with Crippen LogP contribution < -0.4 is 10.2 Å². The lowest BCUT2D eigenvalue weighted by molar-refractivity contribution is 0.0240. The summed E-state index contributed by atoms with van der Waals surface area (Å²) in [5.41, 5.74) is 1.88. The maximum Gasteiger partial charge on any atom is 0.410 e. The molecule has 1 atom stereocenters. The van der Waals surface area contributed by atoms with Crippen LogP contribution in [0.4, 0.5) is 16.2 Å². The second kappa shape index (κ2) is 7.52.